The van der Waals surface area contributed by atoms with Gasteiger partial charge in [-0.25, -0.2) is 0 Å². The van der Waals surface area contributed by atoms with Gasteiger partial charge in [-0.15, -0.1) is 0 Å². The van der Waals surface area contributed by atoms with Gasteiger partial charge in [0.15, 0.2) is 6.29 Å². The number of carbonyl (C=O) groups excluding carboxylic acids is 2. The van der Waals surface area contributed by atoms with E-state index in [0.29, 0.717) is 30.8 Å². The minimum atomic E-state index is 0.0766. The molecular formula is C17H19NO3. The second kappa shape index (κ2) is 6.88. The normalized spacial score (nSPS) is 10.4. The zero-order valence-electron chi connectivity index (χ0n) is 12.3. The third-order valence-electron chi connectivity index (χ3n) is 3.34. The number of carbonyl (C=O) groups is 2. The van der Waals surface area contributed by atoms with Crippen molar-refractivity contribution in [1.82, 2.24) is 4.90 Å². The molecule has 0 heterocycles. The maximum Gasteiger partial charge on any atom is 0.222 e. The Morgan fingerprint density at radius 2 is 1.95 bits per heavy atom. The number of nitrogens with zero attached hydrogens (tertiary/aromatic N) is 1. The summed E-state index contributed by atoms with van der Waals surface area (Å²) in [5, 5.41) is 1.89. The average molecular weight is 285 g/mol. The number of hydrogen-bond donors (Lipinski definition) is 0. The van der Waals surface area contributed by atoms with Crippen LogP contribution in [0.15, 0.2) is 36.4 Å². The minimum Gasteiger partial charge on any atom is -0.493 e. The summed E-state index contributed by atoms with van der Waals surface area (Å²) in [4.78, 5) is 24.4. The molecule has 4 nitrogen and oxygen atoms in total. The molecule has 4 heteroatoms. The van der Waals surface area contributed by atoms with Gasteiger partial charge in [0.25, 0.3) is 0 Å². The molecule has 0 saturated carbocycles. The van der Waals surface area contributed by atoms with E-state index >= 15 is 0 Å². The summed E-state index contributed by atoms with van der Waals surface area (Å²) >= 11 is 0. The molecule has 0 radical (unpaired) electrons. The van der Waals surface area contributed by atoms with Crippen molar-refractivity contribution in [3.8, 4) is 5.75 Å². The maximum absolute atomic E-state index is 11.5. The van der Waals surface area contributed by atoms with E-state index in [2.05, 4.69) is 0 Å². The molecular weight excluding hydrogens is 266 g/mol. The van der Waals surface area contributed by atoms with Crippen molar-refractivity contribution in [3.05, 3.63) is 42.0 Å². The third kappa shape index (κ3) is 3.60. The predicted octanol–water partition coefficient (Wildman–Crippen LogP) is 2.90. The van der Waals surface area contributed by atoms with Gasteiger partial charge in [0.2, 0.25) is 5.91 Å². The Morgan fingerprint density at radius 3 is 2.67 bits per heavy atom. The highest BCUT2D eigenvalue weighted by Crippen LogP contribution is 2.26. The lowest BCUT2D eigenvalue weighted by atomic mass is 10.0. The summed E-state index contributed by atoms with van der Waals surface area (Å²) in [7, 11) is 3.47. The average Bonchev–Trinajstić information content (AvgIpc) is 2.50. The van der Waals surface area contributed by atoms with Crippen LogP contribution in [0.3, 0.4) is 0 Å². The van der Waals surface area contributed by atoms with Gasteiger partial charge in [-0.1, -0.05) is 30.3 Å². The fraction of sp³-hybridized carbons (Fsp3) is 0.294. The summed E-state index contributed by atoms with van der Waals surface area (Å²) in [6, 6.07) is 11.4. The number of fused-ring (bicyclic) bond motifs is 1. The zero-order chi connectivity index (χ0) is 15.2. The van der Waals surface area contributed by atoms with Crippen molar-refractivity contribution < 1.29 is 14.3 Å². The van der Waals surface area contributed by atoms with E-state index in [9.17, 15) is 9.59 Å². The first kappa shape index (κ1) is 15.0. The van der Waals surface area contributed by atoms with Crippen molar-refractivity contribution in [2.24, 2.45) is 0 Å². The maximum atomic E-state index is 11.5. The Bertz CT molecular complexity index is 650. The number of ether oxygens (including phenoxy) is 1. The fourth-order valence-corrected chi connectivity index (χ4v) is 2.15. The summed E-state index contributed by atoms with van der Waals surface area (Å²) < 4.78 is 5.66. The van der Waals surface area contributed by atoms with Crippen LogP contribution in [0.25, 0.3) is 10.8 Å². The van der Waals surface area contributed by atoms with Gasteiger partial charge in [-0.3, -0.25) is 9.59 Å². The second-order valence-corrected chi connectivity index (χ2v) is 5.06. The van der Waals surface area contributed by atoms with Gasteiger partial charge in [0.05, 0.1) is 12.2 Å². The molecule has 2 aromatic carbocycles. The van der Waals surface area contributed by atoms with Crippen molar-refractivity contribution in [3.63, 3.8) is 0 Å². The Kier molecular flexibility index (Phi) is 4.93. The molecule has 0 unspecified atom stereocenters. The van der Waals surface area contributed by atoms with Gasteiger partial charge in [0, 0.05) is 20.5 Å². The van der Waals surface area contributed by atoms with Gasteiger partial charge < -0.3 is 9.64 Å². The van der Waals surface area contributed by atoms with Crippen molar-refractivity contribution in [2.75, 3.05) is 20.7 Å². The molecule has 0 aliphatic rings. The molecule has 0 spiro atoms. The van der Waals surface area contributed by atoms with Crippen molar-refractivity contribution >= 4 is 23.0 Å². The van der Waals surface area contributed by atoms with E-state index in [1.54, 1.807) is 25.1 Å². The Hall–Kier alpha value is -2.36. The molecule has 0 atom stereocenters. The van der Waals surface area contributed by atoms with E-state index in [1.165, 1.54) is 0 Å². The number of rotatable bonds is 6. The summed E-state index contributed by atoms with van der Waals surface area (Å²) in [6.07, 6.45) is 1.89. The quantitative estimate of drug-likeness (QED) is 0.605. The summed E-state index contributed by atoms with van der Waals surface area (Å²) in [5.41, 5.74) is 0.562. The molecule has 0 fully saturated rings. The molecule has 0 aliphatic heterocycles. The molecule has 0 saturated heterocycles. The number of benzene rings is 2. The van der Waals surface area contributed by atoms with Gasteiger partial charge in [-0.05, 0) is 23.3 Å². The molecule has 0 N–H and O–H groups in total. The molecule has 0 aliphatic carbocycles. The lowest BCUT2D eigenvalue weighted by Gasteiger charge is -2.12. The van der Waals surface area contributed by atoms with Crippen LogP contribution in [0, 0.1) is 0 Å². The fourth-order valence-electron chi connectivity index (χ4n) is 2.15. The van der Waals surface area contributed by atoms with E-state index in [4.69, 9.17) is 4.74 Å². The first-order valence-electron chi connectivity index (χ1n) is 6.93. The van der Waals surface area contributed by atoms with Crippen LogP contribution in [0.2, 0.25) is 0 Å². The van der Waals surface area contributed by atoms with Gasteiger partial charge in [-0.2, -0.15) is 0 Å². The van der Waals surface area contributed by atoms with Crippen molar-refractivity contribution in [2.45, 2.75) is 12.8 Å². The topological polar surface area (TPSA) is 46.6 Å². The van der Waals surface area contributed by atoms with Crippen LogP contribution in [0.5, 0.6) is 5.75 Å². The number of hydrogen-bond acceptors (Lipinski definition) is 3. The van der Waals surface area contributed by atoms with Crippen molar-refractivity contribution in [1.29, 1.82) is 0 Å². The van der Waals surface area contributed by atoms with E-state index in [-0.39, 0.29) is 5.91 Å². The number of amides is 1. The summed E-state index contributed by atoms with van der Waals surface area (Å²) in [5.74, 6) is 0.647. The lowest BCUT2D eigenvalue weighted by Crippen LogP contribution is -2.21. The molecule has 2 aromatic rings. The highest BCUT2D eigenvalue weighted by molar-refractivity contribution is 6.00. The molecule has 0 aromatic heterocycles. The standard InChI is InChI=1S/C17H19NO3/c1-18(2)17(20)8-5-11-21-16-10-9-13-6-3-4-7-14(13)15(16)12-19/h3-4,6-7,9-10,12H,5,8,11H2,1-2H3. The lowest BCUT2D eigenvalue weighted by molar-refractivity contribution is -0.128. The van der Waals surface area contributed by atoms with Gasteiger partial charge >= 0.3 is 0 Å². The molecule has 2 rings (SSSR count). The highest BCUT2D eigenvalue weighted by atomic mass is 16.5. The molecule has 1 amide bonds. The van der Waals surface area contributed by atoms with Crippen LogP contribution >= 0.6 is 0 Å². The van der Waals surface area contributed by atoms with E-state index in [0.717, 1.165) is 17.1 Å². The third-order valence-corrected chi connectivity index (χ3v) is 3.34. The molecule has 21 heavy (non-hydrogen) atoms. The van der Waals surface area contributed by atoms with E-state index in [1.807, 2.05) is 30.3 Å². The highest BCUT2D eigenvalue weighted by Gasteiger charge is 2.08. The Balaban J connectivity index is 2.05. The Morgan fingerprint density at radius 1 is 1.19 bits per heavy atom. The zero-order valence-corrected chi connectivity index (χ0v) is 12.3. The van der Waals surface area contributed by atoms with Crippen LogP contribution < -0.4 is 4.74 Å². The minimum absolute atomic E-state index is 0.0766. The first-order chi connectivity index (χ1) is 10.1. The Labute approximate surface area is 124 Å². The monoisotopic (exact) mass is 285 g/mol. The molecule has 0 bridgehead atoms. The summed E-state index contributed by atoms with van der Waals surface area (Å²) in [6.45, 7) is 0.415. The van der Waals surface area contributed by atoms with E-state index < -0.39 is 0 Å². The largest absolute Gasteiger partial charge is 0.493 e. The van der Waals surface area contributed by atoms with Crippen LogP contribution in [0.1, 0.15) is 23.2 Å². The van der Waals surface area contributed by atoms with Crippen LogP contribution in [-0.4, -0.2) is 37.8 Å². The smallest absolute Gasteiger partial charge is 0.222 e. The second-order valence-electron chi connectivity index (χ2n) is 5.06. The first-order valence-corrected chi connectivity index (χ1v) is 6.93. The predicted molar refractivity (Wildman–Crippen MR) is 82.8 cm³/mol. The molecule has 110 valence electrons. The van der Waals surface area contributed by atoms with Crippen LogP contribution in [0.4, 0.5) is 0 Å². The van der Waals surface area contributed by atoms with Gasteiger partial charge in [0.1, 0.15) is 5.75 Å². The van der Waals surface area contributed by atoms with Crippen LogP contribution in [-0.2, 0) is 4.79 Å². The SMILES string of the molecule is CN(C)C(=O)CCCOc1ccc2ccccc2c1C=O. The number of aldehydes is 1.